The molecule has 0 aliphatic carbocycles. The summed E-state index contributed by atoms with van der Waals surface area (Å²) < 4.78 is 5.14. The van der Waals surface area contributed by atoms with Gasteiger partial charge in [-0.15, -0.1) is 0 Å². The minimum absolute atomic E-state index is 0.0104. The van der Waals surface area contributed by atoms with Crippen LogP contribution in [0.5, 0.6) is 5.75 Å². The third-order valence-electron chi connectivity index (χ3n) is 2.77. The molecule has 0 bridgehead atoms. The van der Waals surface area contributed by atoms with Gasteiger partial charge >= 0.3 is 0 Å². The van der Waals surface area contributed by atoms with Crippen LogP contribution in [-0.2, 0) is 0 Å². The molecule has 0 unspecified atom stereocenters. The van der Waals surface area contributed by atoms with Crippen molar-refractivity contribution in [3.05, 3.63) is 53.1 Å². The van der Waals surface area contributed by atoms with Crippen LogP contribution < -0.4 is 4.74 Å². The maximum Gasteiger partial charge on any atom is 0.160 e. The average molecular weight is 261 g/mol. The highest BCUT2D eigenvalue weighted by atomic mass is 35.5. The minimum atomic E-state index is -0.0104. The lowest BCUT2D eigenvalue weighted by Crippen LogP contribution is -1.97. The highest BCUT2D eigenvalue weighted by molar-refractivity contribution is 6.33. The van der Waals surface area contributed by atoms with E-state index in [2.05, 4.69) is 0 Å². The average Bonchev–Trinajstić information content (AvgIpc) is 2.38. The molecule has 92 valence electrons. The molecule has 2 aromatic carbocycles. The molecule has 0 saturated heterocycles. The number of hydrogen-bond acceptors (Lipinski definition) is 2. The summed E-state index contributed by atoms with van der Waals surface area (Å²) in [4.78, 5) is 11.7. The van der Waals surface area contributed by atoms with Crippen LogP contribution in [0.1, 0.15) is 17.3 Å². The summed E-state index contributed by atoms with van der Waals surface area (Å²) in [7, 11) is 1.58. The highest BCUT2D eigenvalue weighted by Gasteiger charge is 2.12. The van der Waals surface area contributed by atoms with Gasteiger partial charge < -0.3 is 4.74 Å². The lowest BCUT2D eigenvalue weighted by Gasteiger charge is -2.10. The molecule has 18 heavy (non-hydrogen) atoms. The van der Waals surface area contributed by atoms with Gasteiger partial charge in [0.15, 0.2) is 5.78 Å². The molecule has 0 amide bonds. The van der Waals surface area contributed by atoms with Gasteiger partial charge in [-0.1, -0.05) is 29.8 Å². The number of carbonyl (C=O) groups excluding carboxylic acids is 1. The van der Waals surface area contributed by atoms with Gasteiger partial charge in [0, 0.05) is 16.1 Å². The number of carbonyl (C=O) groups is 1. The topological polar surface area (TPSA) is 26.3 Å². The number of hydrogen-bond donors (Lipinski definition) is 0. The quantitative estimate of drug-likeness (QED) is 0.773. The Bertz CT molecular complexity index is 591. The molecule has 0 aromatic heterocycles. The molecule has 0 aliphatic rings. The van der Waals surface area contributed by atoms with Gasteiger partial charge in [0.25, 0.3) is 0 Å². The number of halogens is 1. The van der Waals surface area contributed by atoms with E-state index in [4.69, 9.17) is 16.3 Å². The number of methoxy groups -OCH3 is 1. The van der Waals surface area contributed by atoms with Crippen molar-refractivity contribution < 1.29 is 9.53 Å². The third-order valence-corrected chi connectivity index (χ3v) is 3.10. The van der Waals surface area contributed by atoms with Crippen molar-refractivity contribution in [2.75, 3.05) is 7.11 Å². The second kappa shape index (κ2) is 5.23. The van der Waals surface area contributed by atoms with Crippen molar-refractivity contribution >= 4 is 17.4 Å². The number of benzene rings is 2. The predicted molar refractivity (Wildman–Crippen MR) is 73.4 cm³/mol. The summed E-state index contributed by atoms with van der Waals surface area (Å²) in [5.74, 6) is 0.653. The minimum Gasteiger partial charge on any atom is -0.497 e. The van der Waals surface area contributed by atoms with E-state index in [1.54, 1.807) is 13.2 Å². The van der Waals surface area contributed by atoms with E-state index < -0.39 is 0 Å². The standard InChI is InChI=1S/C15H13ClO2/c1-10(17)14-9-11(18-2)7-8-12(14)13-5-3-4-6-15(13)16/h3-9H,1-2H3. The van der Waals surface area contributed by atoms with E-state index in [1.807, 2.05) is 36.4 Å². The van der Waals surface area contributed by atoms with Gasteiger partial charge in [0.2, 0.25) is 0 Å². The first-order valence-electron chi connectivity index (χ1n) is 5.57. The summed E-state index contributed by atoms with van der Waals surface area (Å²) in [6, 6.07) is 12.9. The van der Waals surface area contributed by atoms with E-state index in [-0.39, 0.29) is 5.78 Å². The van der Waals surface area contributed by atoms with Gasteiger partial charge in [0.1, 0.15) is 5.75 Å². The number of ketones is 1. The molecule has 0 atom stereocenters. The van der Waals surface area contributed by atoms with E-state index in [0.29, 0.717) is 16.3 Å². The fraction of sp³-hybridized carbons (Fsp3) is 0.133. The van der Waals surface area contributed by atoms with Crippen molar-refractivity contribution in [2.45, 2.75) is 6.92 Å². The van der Waals surface area contributed by atoms with E-state index >= 15 is 0 Å². The molecule has 0 aliphatic heterocycles. The molecule has 0 spiro atoms. The molecule has 2 rings (SSSR count). The summed E-state index contributed by atoms with van der Waals surface area (Å²) in [5.41, 5.74) is 2.29. The lowest BCUT2D eigenvalue weighted by molar-refractivity contribution is 0.101. The fourth-order valence-corrected chi connectivity index (χ4v) is 2.09. The van der Waals surface area contributed by atoms with Crippen molar-refractivity contribution in [3.8, 4) is 16.9 Å². The molecule has 0 radical (unpaired) electrons. The molecule has 0 fully saturated rings. The van der Waals surface area contributed by atoms with Crippen LogP contribution in [0.15, 0.2) is 42.5 Å². The molecule has 0 N–H and O–H groups in total. The van der Waals surface area contributed by atoms with Crippen LogP contribution in [0.3, 0.4) is 0 Å². The molecule has 0 heterocycles. The van der Waals surface area contributed by atoms with Crippen LogP contribution in [0, 0.1) is 0 Å². The van der Waals surface area contributed by atoms with Crippen LogP contribution in [-0.4, -0.2) is 12.9 Å². The molecular formula is C15H13ClO2. The van der Waals surface area contributed by atoms with Crippen LogP contribution in [0.25, 0.3) is 11.1 Å². The Hall–Kier alpha value is -1.80. The maximum atomic E-state index is 11.7. The Morgan fingerprint density at radius 1 is 1.11 bits per heavy atom. The van der Waals surface area contributed by atoms with Gasteiger partial charge in [0.05, 0.1) is 7.11 Å². The van der Waals surface area contributed by atoms with Gasteiger partial charge in [-0.2, -0.15) is 0 Å². The molecule has 2 aromatic rings. The van der Waals surface area contributed by atoms with Gasteiger partial charge in [-0.25, -0.2) is 0 Å². The van der Waals surface area contributed by atoms with E-state index in [1.165, 1.54) is 6.92 Å². The number of Topliss-reactive ketones (excluding diaryl/α,β-unsaturated/α-hetero) is 1. The zero-order chi connectivity index (χ0) is 13.1. The molecular weight excluding hydrogens is 248 g/mol. The molecule has 3 heteroatoms. The second-order valence-corrected chi connectivity index (χ2v) is 4.35. The zero-order valence-corrected chi connectivity index (χ0v) is 11.0. The predicted octanol–water partition coefficient (Wildman–Crippen LogP) is 4.22. The second-order valence-electron chi connectivity index (χ2n) is 3.95. The van der Waals surface area contributed by atoms with Crippen LogP contribution >= 0.6 is 11.6 Å². The van der Waals surface area contributed by atoms with Crippen LogP contribution in [0.4, 0.5) is 0 Å². The lowest BCUT2D eigenvalue weighted by atomic mass is 9.97. The number of ether oxygens (including phenoxy) is 1. The van der Waals surface area contributed by atoms with Crippen molar-refractivity contribution in [1.29, 1.82) is 0 Å². The van der Waals surface area contributed by atoms with Crippen molar-refractivity contribution in [2.24, 2.45) is 0 Å². The Balaban J connectivity index is 2.64. The smallest absolute Gasteiger partial charge is 0.160 e. The van der Waals surface area contributed by atoms with Crippen molar-refractivity contribution in [1.82, 2.24) is 0 Å². The Kier molecular flexibility index (Phi) is 3.68. The first kappa shape index (κ1) is 12.7. The van der Waals surface area contributed by atoms with E-state index in [0.717, 1.165) is 11.1 Å². The Morgan fingerprint density at radius 2 is 1.83 bits per heavy atom. The van der Waals surface area contributed by atoms with Crippen molar-refractivity contribution in [3.63, 3.8) is 0 Å². The van der Waals surface area contributed by atoms with Crippen LogP contribution in [0.2, 0.25) is 5.02 Å². The Morgan fingerprint density at radius 3 is 2.44 bits per heavy atom. The monoisotopic (exact) mass is 260 g/mol. The summed E-state index contributed by atoms with van der Waals surface area (Å²) >= 11 is 6.17. The zero-order valence-electron chi connectivity index (χ0n) is 10.2. The normalized spacial score (nSPS) is 10.2. The Labute approximate surface area is 111 Å². The first-order valence-corrected chi connectivity index (χ1v) is 5.95. The van der Waals surface area contributed by atoms with Gasteiger partial charge in [-0.05, 0) is 36.8 Å². The highest BCUT2D eigenvalue weighted by Crippen LogP contribution is 2.32. The first-order chi connectivity index (χ1) is 8.63. The van der Waals surface area contributed by atoms with E-state index in [9.17, 15) is 4.79 Å². The number of rotatable bonds is 3. The molecule has 2 nitrogen and oxygen atoms in total. The summed E-state index contributed by atoms with van der Waals surface area (Å²) in [6.45, 7) is 1.54. The largest absolute Gasteiger partial charge is 0.497 e. The molecule has 0 saturated carbocycles. The fourth-order valence-electron chi connectivity index (χ4n) is 1.86. The summed E-state index contributed by atoms with van der Waals surface area (Å²) in [6.07, 6.45) is 0. The third kappa shape index (κ3) is 2.39. The summed E-state index contributed by atoms with van der Waals surface area (Å²) in [5, 5.41) is 0.630. The maximum absolute atomic E-state index is 11.7. The van der Waals surface area contributed by atoms with Gasteiger partial charge in [-0.3, -0.25) is 4.79 Å². The SMILES string of the molecule is COc1ccc(-c2ccccc2Cl)c(C(C)=O)c1.